The zero-order valence-electron chi connectivity index (χ0n) is 19.7. The van der Waals surface area contributed by atoms with Crippen molar-refractivity contribution in [1.82, 2.24) is 28.8 Å². The van der Waals surface area contributed by atoms with Crippen LogP contribution in [0.15, 0.2) is 54.6 Å². The first kappa shape index (κ1) is 24.2. The number of hydrogen-bond acceptors (Lipinski definition) is 6. The third-order valence-electron chi connectivity index (χ3n) is 6.37. The Hall–Kier alpha value is -3.47. The van der Waals surface area contributed by atoms with Crippen molar-refractivity contribution in [2.75, 3.05) is 20.2 Å². The van der Waals surface area contributed by atoms with Gasteiger partial charge < -0.3 is 14.3 Å². The minimum Gasteiger partial charge on any atom is -0.495 e. The maximum Gasteiger partial charge on any atom is 0.243 e. The van der Waals surface area contributed by atoms with E-state index >= 15 is 0 Å². The molecule has 1 N–H and O–H groups in total. The Morgan fingerprint density at radius 2 is 1.94 bits per heavy atom. The van der Waals surface area contributed by atoms with Gasteiger partial charge in [0.05, 0.1) is 28.4 Å². The number of aromatic amines is 1. The van der Waals surface area contributed by atoms with E-state index < -0.39 is 10.0 Å². The molecule has 5 rings (SSSR count). The lowest BCUT2D eigenvalue weighted by atomic mass is 10.1. The minimum absolute atomic E-state index is 0.0183. The monoisotopic (exact) mass is 524 g/mol. The van der Waals surface area contributed by atoms with E-state index in [1.807, 2.05) is 12.1 Å². The summed E-state index contributed by atoms with van der Waals surface area (Å²) in [5.41, 5.74) is 2.91. The molecule has 0 amide bonds. The first-order chi connectivity index (χ1) is 17.4. The number of hydrogen-bond donors (Lipinski definition) is 1. The molecule has 4 aromatic rings. The van der Waals surface area contributed by atoms with Crippen molar-refractivity contribution in [2.45, 2.75) is 23.8 Å². The summed E-state index contributed by atoms with van der Waals surface area (Å²) in [6.07, 6.45) is 6.25. The summed E-state index contributed by atoms with van der Waals surface area (Å²) in [5.74, 6) is 1.65. The highest BCUT2D eigenvalue weighted by atomic mass is 35.5. The van der Waals surface area contributed by atoms with Crippen molar-refractivity contribution in [3.8, 4) is 17.4 Å². The zero-order valence-corrected chi connectivity index (χ0v) is 21.3. The van der Waals surface area contributed by atoms with Crippen LogP contribution in [0.25, 0.3) is 35.0 Å². The van der Waals surface area contributed by atoms with Gasteiger partial charge in [0.1, 0.15) is 11.3 Å². The highest BCUT2D eigenvalue weighted by molar-refractivity contribution is 7.89. The third-order valence-corrected chi connectivity index (χ3v) is 8.56. The predicted molar refractivity (Wildman–Crippen MR) is 140 cm³/mol. The number of nitrogens with one attached hydrogen (secondary N) is 1. The minimum atomic E-state index is -3.70. The number of halogens is 1. The van der Waals surface area contributed by atoms with Crippen LogP contribution in [0.2, 0.25) is 5.02 Å². The SMILES string of the molecule is C=Cc1nc(-c2nc3cccnc3n2C2CCN(S(=O)(=O)c3ccc(OC)c(Cl)c3)CC2)[nH]c1C=C. The number of fused-ring (bicyclic) bond motifs is 1. The topological polar surface area (TPSA) is 106 Å². The van der Waals surface area contributed by atoms with Crippen molar-refractivity contribution < 1.29 is 13.2 Å². The molecule has 0 aliphatic carbocycles. The van der Waals surface area contributed by atoms with E-state index in [9.17, 15) is 8.42 Å². The number of H-pyrrole nitrogens is 1. The molecule has 0 saturated carbocycles. The molecule has 0 unspecified atom stereocenters. The maximum absolute atomic E-state index is 13.3. The Kier molecular flexibility index (Phi) is 6.42. The third kappa shape index (κ3) is 4.11. The molecule has 0 atom stereocenters. The molecule has 11 heteroatoms. The number of nitrogens with zero attached hydrogens (tertiary/aromatic N) is 5. The molecule has 1 aromatic carbocycles. The summed E-state index contributed by atoms with van der Waals surface area (Å²) in [5, 5.41) is 0.255. The predicted octanol–water partition coefficient (Wildman–Crippen LogP) is 4.80. The number of rotatable bonds is 7. The van der Waals surface area contributed by atoms with Gasteiger partial charge in [0.15, 0.2) is 17.3 Å². The number of ether oxygens (including phenoxy) is 1. The molecule has 4 heterocycles. The summed E-state index contributed by atoms with van der Waals surface area (Å²) < 4.78 is 35.3. The van der Waals surface area contributed by atoms with Gasteiger partial charge in [0, 0.05) is 25.3 Å². The molecule has 9 nitrogen and oxygen atoms in total. The van der Waals surface area contributed by atoms with Crippen molar-refractivity contribution in [1.29, 1.82) is 0 Å². The van der Waals surface area contributed by atoms with E-state index in [4.69, 9.17) is 21.3 Å². The summed E-state index contributed by atoms with van der Waals surface area (Å²) in [6, 6.07) is 8.24. The number of benzene rings is 1. The smallest absolute Gasteiger partial charge is 0.243 e. The van der Waals surface area contributed by atoms with E-state index in [2.05, 4.69) is 32.7 Å². The summed E-state index contributed by atoms with van der Waals surface area (Å²) >= 11 is 6.18. The van der Waals surface area contributed by atoms with Crippen LogP contribution in [0, 0.1) is 0 Å². The average molecular weight is 525 g/mol. The van der Waals surface area contributed by atoms with Crippen LogP contribution in [0.5, 0.6) is 5.75 Å². The van der Waals surface area contributed by atoms with Crippen molar-refractivity contribution >= 4 is 44.9 Å². The molecule has 3 aromatic heterocycles. The van der Waals surface area contributed by atoms with Crippen molar-refractivity contribution in [3.63, 3.8) is 0 Å². The molecule has 36 heavy (non-hydrogen) atoms. The first-order valence-electron chi connectivity index (χ1n) is 11.4. The highest BCUT2D eigenvalue weighted by Gasteiger charge is 2.33. The average Bonchev–Trinajstić information content (AvgIpc) is 3.50. The molecular formula is C25H25ClN6O3S. The van der Waals surface area contributed by atoms with Crippen LogP contribution in [0.4, 0.5) is 0 Å². The molecular weight excluding hydrogens is 500 g/mol. The van der Waals surface area contributed by atoms with E-state index in [0.29, 0.717) is 49.0 Å². The maximum atomic E-state index is 13.3. The van der Waals surface area contributed by atoms with E-state index in [1.165, 1.54) is 23.5 Å². The molecule has 1 aliphatic rings. The largest absolute Gasteiger partial charge is 0.495 e. The van der Waals surface area contributed by atoms with Gasteiger partial charge in [0.2, 0.25) is 10.0 Å². The highest BCUT2D eigenvalue weighted by Crippen LogP contribution is 2.35. The van der Waals surface area contributed by atoms with Gasteiger partial charge >= 0.3 is 0 Å². The lowest BCUT2D eigenvalue weighted by Crippen LogP contribution is -2.39. The van der Waals surface area contributed by atoms with Gasteiger partial charge in [-0.3, -0.25) is 0 Å². The number of imidazole rings is 2. The molecule has 1 aliphatic heterocycles. The summed E-state index contributed by atoms with van der Waals surface area (Å²) in [4.78, 5) is 17.4. The Morgan fingerprint density at radius 3 is 2.58 bits per heavy atom. The molecule has 1 fully saturated rings. The lowest BCUT2D eigenvalue weighted by Gasteiger charge is -2.32. The zero-order chi connectivity index (χ0) is 25.4. The van der Waals surface area contributed by atoms with Crippen LogP contribution < -0.4 is 4.74 Å². The van der Waals surface area contributed by atoms with E-state index in [1.54, 1.807) is 24.4 Å². The Balaban J connectivity index is 1.46. The molecule has 0 radical (unpaired) electrons. The fourth-order valence-electron chi connectivity index (χ4n) is 4.56. The standard InChI is InChI=1S/C25H25ClN6O3S/c1-4-19-20(5-2)29-23(28-19)25-30-21-7-6-12-27-24(21)32(25)16-10-13-31(14-11-16)36(33,34)17-8-9-22(35-3)18(26)15-17/h4-9,12,15-16H,1-2,10-11,13-14H2,3H3,(H,28,29). The number of methoxy groups -OCH3 is 1. The van der Waals surface area contributed by atoms with Crippen LogP contribution in [0.3, 0.4) is 0 Å². The lowest BCUT2D eigenvalue weighted by molar-refractivity contribution is 0.278. The number of pyridine rings is 1. The normalized spacial score (nSPS) is 15.3. The number of piperidine rings is 1. The van der Waals surface area contributed by atoms with Crippen LogP contribution >= 0.6 is 11.6 Å². The van der Waals surface area contributed by atoms with Crippen LogP contribution in [0.1, 0.15) is 30.3 Å². The Morgan fingerprint density at radius 1 is 1.17 bits per heavy atom. The Bertz CT molecular complexity index is 1540. The fourth-order valence-corrected chi connectivity index (χ4v) is 6.38. The van der Waals surface area contributed by atoms with Gasteiger partial charge in [-0.1, -0.05) is 24.8 Å². The number of aromatic nitrogens is 5. The van der Waals surface area contributed by atoms with Crippen molar-refractivity contribution in [2.24, 2.45) is 0 Å². The van der Waals surface area contributed by atoms with Gasteiger partial charge in [0.25, 0.3) is 0 Å². The summed E-state index contributed by atoms with van der Waals surface area (Å²) in [7, 11) is -2.22. The van der Waals surface area contributed by atoms with Crippen LogP contribution in [-0.2, 0) is 10.0 Å². The second-order valence-electron chi connectivity index (χ2n) is 8.38. The number of sulfonamides is 1. The van der Waals surface area contributed by atoms with E-state index in [-0.39, 0.29) is 16.0 Å². The fraction of sp³-hybridized carbons (Fsp3) is 0.240. The Labute approximate surface area is 214 Å². The molecule has 186 valence electrons. The van der Waals surface area contributed by atoms with Gasteiger partial charge in [-0.25, -0.2) is 23.4 Å². The first-order valence-corrected chi connectivity index (χ1v) is 13.2. The van der Waals surface area contributed by atoms with E-state index in [0.717, 1.165) is 16.9 Å². The van der Waals surface area contributed by atoms with Gasteiger partial charge in [-0.2, -0.15) is 4.31 Å². The van der Waals surface area contributed by atoms with Gasteiger partial charge in [-0.15, -0.1) is 0 Å². The molecule has 0 spiro atoms. The quantitative estimate of drug-likeness (QED) is 0.372. The molecule has 0 bridgehead atoms. The molecule has 1 saturated heterocycles. The van der Waals surface area contributed by atoms with Gasteiger partial charge in [-0.05, 0) is 55.3 Å². The van der Waals surface area contributed by atoms with Crippen molar-refractivity contribution in [3.05, 3.63) is 66.1 Å². The second-order valence-corrected chi connectivity index (χ2v) is 10.7. The summed E-state index contributed by atoms with van der Waals surface area (Å²) in [6.45, 7) is 8.35. The second kappa shape index (κ2) is 9.53. The van der Waals surface area contributed by atoms with Crippen LogP contribution in [-0.4, -0.2) is 57.4 Å².